The summed E-state index contributed by atoms with van der Waals surface area (Å²) in [5.41, 5.74) is 2.83. The van der Waals surface area contributed by atoms with Crippen LogP contribution in [0.15, 0.2) is 89.8 Å². The largest absolute Gasteiger partial charge is 0.497 e. The van der Waals surface area contributed by atoms with Crippen LogP contribution in [0.3, 0.4) is 0 Å². The zero-order valence-corrected chi connectivity index (χ0v) is 17.9. The Labute approximate surface area is 178 Å². The molecule has 0 amide bonds. The number of methoxy groups -OCH3 is 1. The average Bonchev–Trinajstić information content (AvgIpc) is 2.78. The molecule has 0 spiro atoms. The maximum Gasteiger partial charge on any atom is 0.240 e. The SMILES string of the molecule is CCOc1ccc(/C(=C\CNS(=O)(=O)c2ccccc2)c2ccc(OC)cc2)cc1. The minimum Gasteiger partial charge on any atom is -0.497 e. The molecule has 0 saturated carbocycles. The molecule has 1 N–H and O–H groups in total. The second-order valence-corrected chi connectivity index (χ2v) is 8.24. The first-order valence-corrected chi connectivity index (χ1v) is 11.1. The molecule has 0 aliphatic rings. The fraction of sp³-hybridized carbons (Fsp3) is 0.167. The molecule has 0 heterocycles. The molecule has 5 nitrogen and oxygen atoms in total. The van der Waals surface area contributed by atoms with E-state index in [2.05, 4.69) is 4.72 Å². The topological polar surface area (TPSA) is 64.6 Å². The third kappa shape index (κ3) is 5.49. The lowest BCUT2D eigenvalue weighted by atomic mass is 9.97. The molecular formula is C24H25NO4S. The van der Waals surface area contributed by atoms with Crippen LogP contribution in [0.2, 0.25) is 0 Å². The van der Waals surface area contributed by atoms with Crippen LogP contribution in [0.25, 0.3) is 5.57 Å². The van der Waals surface area contributed by atoms with Crippen molar-refractivity contribution in [2.75, 3.05) is 20.3 Å². The van der Waals surface area contributed by atoms with Gasteiger partial charge in [-0.3, -0.25) is 0 Å². The second-order valence-electron chi connectivity index (χ2n) is 6.47. The predicted molar refractivity (Wildman–Crippen MR) is 119 cm³/mol. The van der Waals surface area contributed by atoms with E-state index < -0.39 is 10.0 Å². The van der Waals surface area contributed by atoms with Crippen LogP contribution >= 0.6 is 0 Å². The van der Waals surface area contributed by atoms with E-state index in [1.807, 2.05) is 61.5 Å². The highest BCUT2D eigenvalue weighted by atomic mass is 32.2. The van der Waals surface area contributed by atoms with Crippen molar-refractivity contribution < 1.29 is 17.9 Å². The summed E-state index contributed by atoms with van der Waals surface area (Å²) in [5, 5.41) is 0. The van der Waals surface area contributed by atoms with Crippen molar-refractivity contribution in [1.29, 1.82) is 0 Å². The van der Waals surface area contributed by atoms with Crippen LogP contribution in [0.4, 0.5) is 0 Å². The summed E-state index contributed by atoms with van der Waals surface area (Å²) in [5.74, 6) is 1.55. The molecule has 0 radical (unpaired) electrons. The van der Waals surface area contributed by atoms with E-state index in [4.69, 9.17) is 9.47 Å². The highest BCUT2D eigenvalue weighted by molar-refractivity contribution is 7.89. The van der Waals surface area contributed by atoms with E-state index in [0.29, 0.717) is 6.61 Å². The standard InChI is InChI=1S/C24H25NO4S/c1-3-29-22-15-11-20(12-16-22)24(19-9-13-21(28-2)14-10-19)17-18-25-30(26,27)23-7-5-4-6-8-23/h4-17,25H,3,18H2,1-2H3/b24-17-. The molecule has 0 bridgehead atoms. The van der Waals surface area contributed by atoms with Crippen molar-refractivity contribution in [2.45, 2.75) is 11.8 Å². The molecule has 0 aliphatic heterocycles. The van der Waals surface area contributed by atoms with Gasteiger partial charge in [-0.15, -0.1) is 0 Å². The number of rotatable bonds is 9. The van der Waals surface area contributed by atoms with Crippen LogP contribution in [0.1, 0.15) is 18.1 Å². The number of nitrogens with one attached hydrogen (secondary N) is 1. The zero-order chi connectivity index (χ0) is 21.4. The van der Waals surface area contributed by atoms with Gasteiger partial charge in [0.05, 0.1) is 18.6 Å². The van der Waals surface area contributed by atoms with Crippen molar-refractivity contribution in [2.24, 2.45) is 0 Å². The van der Waals surface area contributed by atoms with E-state index >= 15 is 0 Å². The lowest BCUT2D eigenvalue weighted by Gasteiger charge is -2.12. The average molecular weight is 424 g/mol. The number of benzene rings is 3. The fourth-order valence-electron chi connectivity index (χ4n) is 3.01. The molecular weight excluding hydrogens is 398 g/mol. The van der Waals surface area contributed by atoms with Gasteiger partial charge >= 0.3 is 0 Å². The minimum absolute atomic E-state index is 0.159. The van der Waals surface area contributed by atoms with Crippen molar-refractivity contribution in [3.05, 3.63) is 96.1 Å². The van der Waals surface area contributed by atoms with Gasteiger partial charge in [0, 0.05) is 6.54 Å². The first kappa shape index (κ1) is 21.6. The normalized spacial score (nSPS) is 11.9. The van der Waals surface area contributed by atoms with Crippen LogP contribution in [-0.2, 0) is 10.0 Å². The minimum atomic E-state index is -3.58. The third-order valence-electron chi connectivity index (χ3n) is 4.51. The highest BCUT2D eigenvalue weighted by Crippen LogP contribution is 2.27. The second kappa shape index (κ2) is 10.1. The van der Waals surface area contributed by atoms with Crippen LogP contribution in [-0.4, -0.2) is 28.7 Å². The molecule has 0 aromatic heterocycles. The monoisotopic (exact) mass is 423 g/mol. The zero-order valence-electron chi connectivity index (χ0n) is 17.0. The number of sulfonamides is 1. The Hall–Kier alpha value is -3.09. The van der Waals surface area contributed by atoms with Gasteiger partial charge in [-0.1, -0.05) is 48.5 Å². The van der Waals surface area contributed by atoms with Gasteiger partial charge in [0.25, 0.3) is 0 Å². The Kier molecular flexibility index (Phi) is 7.27. The molecule has 0 aliphatic carbocycles. The summed E-state index contributed by atoms with van der Waals surface area (Å²) in [6.45, 7) is 2.70. The molecule has 0 unspecified atom stereocenters. The van der Waals surface area contributed by atoms with Gasteiger partial charge in [-0.2, -0.15) is 0 Å². The molecule has 3 aromatic rings. The predicted octanol–water partition coefficient (Wildman–Crippen LogP) is 4.50. The lowest BCUT2D eigenvalue weighted by Crippen LogP contribution is -2.23. The van der Waals surface area contributed by atoms with Gasteiger partial charge in [0.2, 0.25) is 10.0 Å². The molecule has 0 saturated heterocycles. The molecule has 0 fully saturated rings. The van der Waals surface area contributed by atoms with Gasteiger partial charge in [-0.05, 0) is 60.0 Å². The summed E-state index contributed by atoms with van der Waals surface area (Å²) >= 11 is 0. The molecule has 6 heteroatoms. The van der Waals surface area contributed by atoms with E-state index in [1.165, 1.54) is 0 Å². The smallest absolute Gasteiger partial charge is 0.240 e. The number of ether oxygens (including phenoxy) is 2. The Balaban J connectivity index is 1.88. The quantitative estimate of drug-likeness (QED) is 0.550. The number of hydrogen-bond acceptors (Lipinski definition) is 4. The Morgan fingerprint density at radius 2 is 1.43 bits per heavy atom. The van der Waals surface area contributed by atoms with Crippen molar-refractivity contribution in [3.8, 4) is 11.5 Å². The first-order valence-electron chi connectivity index (χ1n) is 9.66. The van der Waals surface area contributed by atoms with Gasteiger partial charge in [0.15, 0.2) is 0 Å². The maximum atomic E-state index is 12.5. The van der Waals surface area contributed by atoms with E-state index in [-0.39, 0.29) is 11.4 Å². The summed E-state index contributed by atoms with van der Waals surface area (Å²) in [6.07, 6.45) is 1.87. The Morgan fingerprint density at radius 3 is 1.97 bits per heavy atom. The van der Waals surface area contributed by atoms with Crippen LogP contribution in [0, 0.1) is 0 Å². The van der Waals surface area contributed by atoms with Crippen LogP contribution in [0.5, 0.6) is 11.5 Å². The molecule has 30 heavy (non-hydrogen) atoms. The van der Waals surface area contributed by atoms with Crippen molar-refractivity contribution in [3.63, 3.8) is 0 Å². The van der Waals surface area contributed by atoms with Crippen LogP contribution < -0.4 is 14.2 Å². The maximum absolute atomic E-state index is 12.5. The fourth-order valence-corrected chi connectivity index (χ4v) is 3.99. The summed E-state index contributed by atoms with van der Waals surface area (Å²) in [7, 11) is -1.96. The molecule has 156 valence electrons. The van der Waals surface area contributed by atoms with E-state index in [9.17, 15) is 8.42 Å². The van der Waals surface area contributed by atoms with Crippen molar-refractivity contribution >= 4 is 15.6 Å². The van der Waals surface area contributed by atoms with E-state index in [1.54, 1.807) is 37.4 Å². The third-order valence-corrected chi connectivity index (χ3v) is 5.95. The molecule has 3 rings (SSSR count). The Morgan fingerprint density at radius 1 is 0.867 bits per heavy atom. The molecule has 3 aromatic carbocycles. The van der Waals surface area contributed by atoms with Gasteiger partial charge in [-0.25, -0.2) is 13.1 Å². The lowest BCUT2D eigenvalue weighted by molar-refractivity contribution is 0.340. The van der Waals surface area contributed by atoms with Crippen molar-refractivity contribution in [1.82, 2.24) is 4.72 Å². The summed E-state index contributed by atoms with van der Waals surface area (Å²) in [4.78, 5) is 0.241. The summed E-state index contributed by atoms with van der Waals surface area (Å²) < 4.78 is 38.4. The van der Waals surface area contributed by atoms with Gasteiger partial charge < -0.3 is 9.47 Å². The number of hydrogen-bond donors (Lipinski definition) is 1. The Bertz CT molecular complexity index is 1070. The molecule has 0 atom stereocenters. The highest BCUT2D eigenvalue weighted by Gasteiger charge is 2.12. The summed E-state index contributed by atoms with van der Waals surface area (Å²) in [6, 6.07) is 23.7. The first-order chi connectivity index (χ1) is 14.5. The van der Waals surface area contributed by atoms with E-state index in [0.717, 1.165) is 28.2 Å². The van der Waals surface area contributed by atoms with Gasteiger partial charge in [0.1, 0.15) is 11.5 Å².